The van der Waals surface area contributed by atoms with Gasteiger partial charge in [-0.25, -0.2) is 8.78 Å². The van der Waals surface area contributed by atoms with Crippen LogP contribution in [0.4, 0.5) is 25.8 Å². The highest BCUT2D eigenvalue weighted by Gasteiger charge is 2.07. The molecule has 0 unspecified atom stereocenters. The molecule has 0 aliphatic carbocycles. The lowest BCUT2D eigenvalue weighted by molar-refractivity contribution is 0.619. The number of benzene rings is 2. The number of hydrogen-bond donors (Lipinski definition) is 2. The highest BCUT2D eigenvalue weighted by molar-refractivity contribution is 14.1. The van der Waals surface area contributed by atoms with E-state index in [2.05, 4.69) is 5.32 Å². The van der Waals surface area contributed by atoms with Crippen molar-refractivity contribution < 1.29 is 8.78 Å². The Balaban J connectivity index is 2.34. The normalized spacial score (nSPS) is 10.4. The number of aryl methyl sites for hydroxylation is 1. The van der Waals surface area contributed by atoms with Gasteiger partial charge in [0.1, 0.15) is 11.6 Å². The van der Waals surface area contributed by atoms with Crippen molar-refractivity contribution in [3.63, 3.8) is 0 Å². The first-order valence-electron chi connectivity index (χ1n) is 5.25. The lowest BCUT2D eigenvalue weighted by Crippen LogP contribution is -1.99. The largest absolute Gasteiger partial charge is 0.397 e. The van der Waals surface area contributed by atoms with Crippen LogP contribution in [0.3, 0.4) is 0 Å². The van der Waals surface area contributed by atoms with Crippen LogP contribution in [0.2, 0.25) is 0 Å². The molecule has 0 radical (unpaired) electrons. The van der Waals surface area contributed by atoms with Crippen molar-refractivity contribution in [1.82, 2.24) is 0 Å². The molecule has 5 heteroatoms. The second kappa shape index (κ2) is 5.09. The van der Waals surface area contributed by atoms with E-state index in [-0.39, 0.29) is 11.6 Å². The van der Waals surface area contributed by atoms with Gasteiger partial charge in [0.2, 0.25) is 0 Å². The summed E-state index contributed by atoms with van der Waals surface area (Å²) in [5, 5.41) is 2.90. The van der Waals surface area contributed by atoms with E-state index in [1.54, 1.807) is 19.1 Å². The Kier molecular flexibility index (Phi) is 3.70. The first-order chi connectivity index (χ1) is 8.47. The first kappa shape index (κ1) is 13.1. The fourth-order valence-electron chi connectivity index (χ4n) is 1.50. The number of anilines is 3. The summed E-state index contributed by atoms with van der Waals surface area (Å²) < 4.78 is 27.3. The van der Waals surface area contributed by atoms with Crippen molar-refractivity contribution in [2.45, 2.75) is 6.92 Å². The smallest absolute Gasteiger partial charge is 0.138 e. The molecule has 2 rings (SSSR count). The van der Waals surface area contributed by atoms with Crippen LogP contribution in [0.25, 0.3) is 0 Å². The van der Waals surface area contributed by atoms with E-state index in [0.29, 0.717) is 26.2 Å². The molecule has 0 saturated carbocycles. The molecule has 94 valence electrons. The Bertz CT molecular complexity index is 600. The number of nitrogens with one attached hydrogen (secondary N) is 1. The molecule has 18 heavy (non-hydrogen) atoms. The van der Waals surface area contributed by atoms with Crippen molar-refractivity contribution in [1.29, 1.82) is 0 Å². The number of nitrogens with two attached hydrogens (primary N) is 1. The molecule has 0 heterocycles. The summed E-state index contributed by atoms with van der Waals surface area (Å²) in [6, 6.07) is 7.55. The van der Waals surface area contributed by atoms with Crippen LogP contribution in [-0.2, 0) is 0 Å². The van der Waals surface area contributed by atoms with E-state index in [4.69, 9.17) is 5.73 Å². The maximum Gasteiger partial charge on any atom is 0.138 e. The van der Waals surface area contributed by atoms with Crippen molar-refractivity contribution in [2.24, 2.45) is 0 Å². The SMILES string of the molecule is Cc1ccc(Nc2cc(F)c(I)cc2N)cc1F. The molecule has 2 aromatic carbocycles. The van der Waals surface area contributed by atoms with Crippen LogP contribution < -0.4 is 11.1 Å². The highest BCUT2D eigenvalue weighted by atomic mass is 127. The molecule has 0 aromatic heterocycles. The van der Waals surface area contributed by atoms with Crippen LogP contribution in [-0.4, -0.2) is 0 Å². The van der Waals surface area contributed by atoms with Crippen LogP contribution in [0, 0.1) is 22.1 Å². The standard InChI is InChI=1S/C13H11F2IN2/c1-7-2-3-8(4-9(7)14)18-13-5-10(15)11(16)6-12(13)17/h2-6,18H,17H2,1H3. The van der Waals surface area contributed by atoms with E-state index < -0.39 is 0 Å². The number of halogens is 3. The van der Waals surface area contributed by atoms with E-state index in [1.807, 2.05) is 22.6 Å². The zero-order chi connectivity index (χ0) is 13.3. The third kappa shape index (κ3) is 2.72. The van der Waals surface area contributed by atoms with E-state index >= 15 is 0 Å². The van der Waals surface area contributed by atoms with E-state index in [9.17, 15) is 8.78 Å². The maximum absolute atomic E-state index is 13.4. The van der Waals surface area contributed by atoms with Crippen molar-refractivity contribution >= 4 is 39.7 Å². The molecule has 0 aliphatic rings. The molecule has 0 fully saturated rings. The van der Waals surface area contributed by atoms with Gasteiger partial charge in [0.15, 0.2) is 0 Å². The van der Waals surface area contributed by atoms with Crippen LogP contribution >= 0.6 is 22.6 Å². The van der Waals surface area contributed by atoms with Crippen LogP contribution in [0.5, 0.6) is 0 Å². The molecule has 0 aliphatic heterocycles. The minimum Gasteiger partial charge on any atom is -0.397 e. The van der Waals surface area contributed by atoms with Crippen molar-refractivity contribution in [3.8, 4) is 0 Å². The molecule has 2 aromatic rings. The Morgan fingerprint density at radius 3 is 2.50 bits per heavy atom. The van der Waals surface area contributed by atoms with Gasteiger partial charge in [0, 0.05) is 11.8 Å². The molecule has 2 nitrogen and oxygen atoms in total. The quantitative estimate of drug-likeness (QED) is 0.622. The van der Waals surface area contributed by atoms with Gasteiger partial charge in [-0.15, -0.1) is 0 Å². The summed E-state index contributed by atoms with van der Waals surface area (Å²) in [6.07, 6.45) is 0. The van der Waals surface area contributed by atoms with Gasteiger partial charge < -0.3 is 11.1 Å². The van der Waals surface area contributed by atoms with E-state index in [0.717, 1.165) is 0 Å². The van der Waals surface area contributed by atoms with Gasteiger partial charge in [0.05, 0.1) is 14.9 Å². The number of nitrogen functional groups attached to an aromatic ring is 1. The maximum atomic E-state index is 13.4. The minimum atomic E-state index is -0.361. The molecule has 0 bridgehead atoms. The zero-order valence-corrected chi connectivity index (χ0v) is 11.8. The molecule has 0 saturated heterocycles. The lowest BCUT2D eigenvalue weighted by atomic mass is 10.2. The first-order valence-corrected chi connectivity index (χ1v) is 6.33. The van der Waals surface area contributed by atoms with Crippen LogP contribution in [0.15, 0.2) is 30.3 Å². The van der Waals surface area contributed by atoms with E-state index in [1.165, 1.54) is 18.2 Å². The predicted octanol–water partition coefficient (Wildman–Crippen LogP) is 4.20. The molecule has 0 spiro atoms. The zero-order valence-electron chi connectivity index (χ0n) is 9.60. The summed E-state index contributed by atoms with van der Waals surface area (Å²) in [7, 11) is 0. The third-order valence-corrected chi connectivity index (χ3v) is 3.37. The monoisotopic (exact) mass is 360 g/mol. The Labute approximate surface area is 117 Å². The second-order valence-electron chi connectivity index (χ2n) is 3.94. The fraction of sp³-hybridized carbons (Fsp3) is 0.0769. The predicted molar refractivity (Wildman–Crippen MR) is 77.9 cm³/mol. The Morgan fingerprint density at radius 1 is 1.11 bits per heavy atom. The Morgan fingerprint density at radius 2 is 1.83 bits per heavy atom. The Hall–Kier alpha value is -1.37. The summed E-state index contributed by atoms with van der Waals surface area (Å²) in [5.74, 6) is -0.676. The minimum absolute atomic E-state index is 0.315. The summed E-state index contributed by atoms with van der Waals surface area (Å²) in [6.45, 7) is 1.68. The highest BCUT2D eigenvalue weighted by Crippen LogP contribution is 2.27. The molecule has 0 atom stereocenters. The van der Waals surface area contributed by atoms with Gasteiger partial charge in [-0.2, -0.15) is 0 Å². The van der Waals surface area contributed by atoms with Gasteiger partial charge in [0.25, 0.3) is 0 Å². The second-order valence-corrected chi connectivity index (χ2v) is 5.10. The van der Waals surface area contributed by atoms with Gasteiger partial charge in [-0.3, -0.25) is 0 Å². The van der Waals surface area contributed by atoms with Gasteiger partial charge in [-0.1, -0.05) is 6.07 Å². The van der Waals surface area contributed by atoms with Gasteiger partial charge >= 0.3 is 0 Å². The topological polar surface area (TPSA) is 38.0 Å². The molecular formula is C13H11F2IN2. The molecular weight excluding hydrogens is 349 g/mol. The fourth-order valence-corrected chi connectivity index (χ4v) is 1.99. The number of rotatable bonds is 2. The average molecular weight is 360 g/mol. The summed E-state index contributed by atoms with van der Waals surface area (Å²) in [5.41, 5.74) is 7.71. The van der Waals surface area contributed by atoms with Crippen molar-refractivity contribution in [2.75, 3.05) is 11.1 Å². The third-order valence-electron chi connectivity index (χ3n) is 2.54. The van der Waals surface area contributed by atoms with Crippen LogP contribution in [0.1, 0.15) is 5.56 Å². The summed E-state index contributed by atoms with van der Waals surface area (Å²) in [4.78, 5) is 0. The van der Waals surface area contributed by atoms with Crippen molar-refractivity contribution in [3.05, 3.63) is 51.1 Å². The molecule has 0 amide bonds. The number of hydrogen-bond acceptors (Lipinski definition) is 2. The van der Waals surface area contributed by atoms with Gasteiger partial charge in [-0.05, 0) is 53.3 Å². The molecule has 3 N–H and O–H groups in total. The lowest BCUT2D eigenvalue weighted by Gasteiger charge is -2.11. The average Bonchev–Trinajstić information content (AvgIpc) is 2.31. The summed E-state index contributed by atoms with van der Waals surface area (Å²) >= 11 is 1.86.